The van der Waals surface area contributed by atoms with E-state index in [1.54, 1.807) is 30.3 Å². The third-order valence-corrected chi connectivity index (χ3v) is 3.64. The molecule has 3 nitrogen and oxygen atoms in total. The number of hydrogen-bond donors (Lipinski definition) is 1. The fraction of sp³-hybridized carbons (Fsp3) is 0.200. The first-order valence-electron chi connectivity index (χ1n) is 6.43. The third-order valence-electron chi connectivity index (χ3n) is 3.16. The molecule has 0 spiro atoms. The van der Waals surface area contributed by atoms with Gasteiger partial charge in [-0.05, 0) is 23.6 Å². The molecule has 0 aliphatic rings. The van der Waals surface area contributed by atoms with Gasteiger partial charge in [0.05, 0.1) is 5.56 Å². The molecule has 2 aromatic rings. The SMILES string of the molecule is O=S([O-])NC(Cc1ccccc1)c1ccccc1C(F)(F)F. The smallest absolute Gasteiger partial charge is 0.416 e. The van der Waals surface area contributed by atoms with Crippen LogP contribution in [0.25, 0.3) is 0 Å². The molecule has 2 rings (SSSR count). The minimum absolute atomic E-state index is 0.0944. The minimum Gasteiger partial charge on any atom is -0.760 e. The van der Waals surface area contributed by atoms with Crippen LogP contribution in [0.2, 0.25) is 0 Å². The van der Waals surface area contributed by atoms with Gasteiger partial charge in [0, 0.05) is 17.3 Å². The van der Waals surface area contributed by atoms with Crippen molar-refractivity contribution in [2.24, 2.45) is 0 Å². The van der Waals surface area contributed by atoms with Crippen LogP contribution in [0.5, 0.6) is 0 Å². The van der Waals surface area contributed by atoms with Crippen molar-refractivity contribution in [2.75, 3.05) is 0 Å². The quantitative estimate of drug-likeness (QED) is 0.856. The molecule has 0 saturated carbocycles. The molecule has 0 heterocycles. The lowest BCUT2D eigenvalue weighted by Gasteiger charge is -2.24. The van der Waals surface area contributed by atoms with Crippen LogP contribution in [0, 0.1) is 0 Å². The summed E-state index contributed by atoms with van der Waals surface area (Å²) in [5.74, 6) is 0. The largest absolute Gasteiger partial charge is 0.760 e. The second-order valence-electron chi connectivity index (χ2n) is 4.68. The molecule has 0 radical (unpaired) electrons. The second-order valence-corrected chi connectivity index (χ2v) is 5.38. The maximum Gasteiger partial charge on any atom is 0.416 e. The van der Waals surface area contributed by atoms with Gasteiger partial charge in [-0.25, -0.2) is 4.72 Å². The number of halogens is 3. The lowest BCUT2D eigenvalue weighted by Crippen LogP contribution is -2.27. The predicted octanol–water partition coefficient (Wildman–Crippen LogP) is 3.37. The number of benzene rings is 2. The lowest BCUT2D eigenvalue weighted by atomic mass is 9.95. The van der Waals surface area contributed by atoms with E-state index < -0.39 is 29.0 Å². The fourth-order valence-electron chi connectivity index (χ4n) is 2.24. The van der Waals surface area contributed by atoms with Gasteiger partial charge in [-0.3, -0.25) is 4.21 Å². The normalized spacial score (nSPS) is 14.5. The van der Waals surface area contributed by atoms with Crippen LogP contribution in [0.3, 0.4) is 0 Å². The van der Waals surface area contributed by atoms with E-state index in [1.807, 2.05) is 0 Å². The Labute approximate surface area is 128 Å². The molecule has 22 heavy (non-hydrogen) atoms. The van der Waals surface area contributed by atoms with Crippen LogP contribution in [-0.4, -0.2) is 8.76 Å². The number of nitrogens with one attached hydrogen (secondary N) is 1. The molecule has 2 aromatic carbocycles. The molecule has 0 aliphatic carbocycles. The van der Waals surface area contributed by atoms with Crippen molar-refractivity contribution in [3.63, 3.8) is 0 Å². The summed E-state index contributed by atoms with van der Waals surface area (Å²) in [6.07, 6.45) is -4.42. The lowest BCUT2D eigenvalue weighted by molar-refractivity contribution is -0.138. The van der Waals surface area contributed by atoms with Crippen molar-refractivity contribution in [1.82, 2.24) is 4.72 Å². The zero-order chi connectivity index (χ0) is 16.2. The van der Waals surface area contributed by atoms with Crippen LogP contribution in [-0.2, 0) is 23.9 Å². The number of rotatable bonds is 5. The molecule has 0 fully saturated rings. The second kappa shape index (κ2) is 7.04. The maximum atomic E-state index is 13.1. The molecule has 1 N–H and O–H groups in total. The Balaban J connectivity index is 2.40. The van der Waals surface area contributed by atoms with Gasteiger partial charge in [-0.2, -0.15) is 13.2 Å². The highest BCUT2D eigenvalue weighted by molar-refractivity contribution is 7.77. The summed E-state index contributed by atoms with van der Waals surface area (Å²) in [5, 5.41) is 0. The van der Waals surface area contributed by atoms with Crippen LogP contribution in [0.15, 0.2) is 54.6 Å². The first kappa shape index (κ1) is 16.7. The van der Waals surface area contributed by atoms with E-state index in [0.717, 1.165) is 11.6 Å². The molecule has 2 atom stereocenters. The molecule has 7 heteroatoms. The summed E-state index contributed by atoms with van der Waals surface area (Å²) in [4.78, 5) is 0. The Morgan fingerprint density at radius 3 is 2.23 bits per heavy atom. The van der Waals surface area contributed by atoms with E-state index in [-0.39, 0.29) is 12.0 Å². The molecular formula is C15H13F3NO2S-. The Hall–Kier alpha value is -1.70. The number of hydrogen-bond acceptors (Lipinski definition) is 2. The van der Waals surface area contributed by atoms with Crippen LogP contribution in [0.1, 0.15) is 22.7 Å². The van der Waals surface area contributed by atoms with Crippen LogP contribution < -0.4 is 4.72 Å². The molecule has 0 bridgehead atoms. The topological polar surface area (TPSA) is 52.2 Å². The van der Waals surface area contributed by atoms with E-state index in [4.69, 9.17) is 0 Å². The highest BCUT2D eigenvalue weighted by Gasteiger charge is 2.34. The van der Waals surface area contributed by atoms with E-state index in [1.165, 1.54) is 18.2 Å². The van der Waals surface area contributed by atoms with Crippen molar-refractivity contribution in [3.8, 4) is 0 Å². The fourth-order valence-corrected chi connectivity index (χ4v) is 2.68. The summed E-state index contributed by atoms with van der Waals surface area (Å²) < 4.78 is 63.4. The van der Waals surface area contributed by atoms with Crippen LogP contribution >= 0.6 is 0 Å². The third kappa shape index (κ3) is 4.40. The Morgan fingerprint density at radius 1 is 1.05 bits per heavy atom. The van der Waals surface area contributed by atoms with Gasteiger partial charge in [0.15, 0.2) is 0 Å². The van der Waals surface area contributed by atoms with Crippen molar-refractivity contribution < 1.29 is 21.9 Å². The highest BCUT2D eigenvalue weighted by Crippen LogP contribution is 2.35. The molecule has 0 saturated heterocycles. The molecule has 2 unspecified atom stereocenters. The monoisotopic (exact) mass is 328 g/mol. The molecular weight excluding hydrogens is 315 g/mol. The maximum absolute atomic E-state index is 13.1. The summed E-state index contributed by atoms with van der Waals surface area (Å²) in [6.45, 7) is 0. The van der Waals surface area contributed by atoms with Gasteiger partial charge in [0.1, 0.15) is 0 Å². The van der Waals surface area contributed by atoms with Gasteiger partial charge >= 0.3 is 6.18 Å². The summed E-state index contributed by atoms with van der Waals surface area (Å²) in [6, 6.07) is 12.7. The van der Waals surface area contributed by atoms with E-state index in [9.17, 15) is 21.9 Å². The zero-order valence-electron chi connectivity index (χ0n) is 11.3. The van der Waals surface area contributed by atoms with Crippen molar-refractivity contribution >= 4 is 11.3 Å². The van der Waals surface area contributed by atoms with E-state index in [2.05, 4.69) is 4.72 Å². The van der Waals surface area contributed by atoms with Crippen molar-refractivity contribution in [3.05, 3.63) is 71.3 Å². The van der Waals surface area contributed by atoms with Gasteiger partial charge in [0.25, 0.3) is 0 Å². The van der Waals surface area contributed by atoms with Crippen molar-refractivity contribution in [2.45, 2.75) is 18.6 Å². The Kier molecular flexibility index (Phi) is 5.33. The van der Waals surface area contributed by atoms with Gasteiger partial charge < -0.3 is 4.55 Å². The first-order valence-corrected chi connectivity index (χ1v) is 7.51. The summed E-state index contributed by atoms with van der Waals surface area (Å²) >= 11 is -2.67. The molecule has 0 aromatic heterocycles. The highest BCUT2D eigenvalue weighted by atomic mass is 32.2. The van der Waals surface area contributed by atoms with Gasteiger partial charge in [-0.15, -0.1) is 0 Å². The van der Waals surface area contributed by atoms with E-state index in [0.29, 0.717) is 0 Å². The minimum atomic E-state index is -4.54. The molecule has 0 aliphatic heterocycles. The van der Waals surface area contributed by atoms with Gasteiger partial charge in [-0.1, -0.05) is 48.5 Å². The zero-order valence-corrected chi connectivity index (χ0v) is 12.2. The number of alkyl halides is 3. The molecule has 118 valence electrons. The van der Waals surface area contributed by atoms with E-state index >= 15 is 0 Å². The average molecular weight is 328 g/mol. The standard InChI is InChI=1S/C15H14F3NO2S/c16-15(17,18)13-9-5-4-8-12(13)14(19-22(20)21)10-11-6-2-1-3-7-11/h1-9,14,19H,10H2,(H,20,21)/p-1. The summed E-state index contributed by atoms with van der Waals surface area (Å²) in [7, 11) is 0. The predicted molar refractivity (Wildman–Crippen MR) is 76.4 cm³/mol. The van der Waals surface area contributed by atoms with Gasteiger partial charge in [0.2, 0.25) is 0 Å². The first-order chi connectivity index (χ1) is 10.4. The summed E-state index contributed by atoms with van der Waals surface area (Å²) in [5.41, 5.74) is -0.195. The molecule has 0 amide bonds. The Bertz CT molecular complexity index is 647. The average Bonchev–Trinajstić information content (AvgIpc) is 2.46. The Morgan fingerprint density at radius 2 is 1.64 bits per heavy atom. The van der Waals surface area contributed by atoms with Crippen molar-refractivity contribution in [1.29, 1.82) is 0 Å². The van der Waals surface area contributed by atoms with Crippen LogP contribution in [0.4, 0.5) is 13.2 Å².